The Hall–Kier alpha value is -10.3. The van der Waals surface area contributed by atoms with E-state index in [0.717, 1.165) is 19.3 Å². The van der Waals surface area contributed by atoms with Crippen LogP contribution in [0.1, 0.15) is 55.8 Å². The molecule has 89 heavy (non-hydrogen) atoms. The zero-order valence-electron chi connectivity index (χ0n) is 50.2. The van der Waals surface area contributed by atoms with Crippen molar-refractivity contribution in [1.82, 2.24) is 4.57 Å². The second-order valence-electron chi connectivity index (χ2n) is 23.9. The van der Waals surface area contributed by atoms with Gasteiger partial charge in [0, 0.05) is 37.1 Å². The van der Waals surface area contributed by atoms with Crippen molar-refractivity contribution in [2.75, 3.05) is 0 Å². The maximum absolute atomic E-state index is 2.62. The molecule has 11 aromatic carbocycles. The molecule has 5 aliphatic rings. The molecule has 0 amide bonds. The predicted octanol–water partition coefficient (Wildman–Crippen LogP) is 24.3. The Kier molecular flexibility index (Phi) is 13.7. The number of rotatable bonds is 10. The third-order valence-corrected chi connectivity index (χ3v) is 23.3. The number of aromatic nitrogens is 1. The summed E-state index contributed by atoms with van der Waals surface area (Å²) in [5.41, 5.74) is 24.1. The minimum Gasteiger partial charge on any atom is -0.310 e. The fourth-order valence-corrected chi connectivity index (χ4v) is 19.2. The molecule has 4 aliphatic carbocycles. The summed E-state index contributed by atoms with van der Waals surface area (Å²) in [5, 5.41) is 3.87. The van der Waals surface area contributed by atoms with Gasteiger partial charge < -0.3 is 4.57 Å². The molecule has 1 saturated carbocycles. The third-order valence-electron chi connectivity index (χ3n) is 19.2. The van der Waals surface area contributed by atoms with E-state index in [1.165, 1.54) is 142 Å². The van der Waals surface area contributed by atoms with Crippen molar-refractivity contribution < 1.29 is 0 Å². The van der Waals surface area contributed by atoms with E-state index in [4.69, 9.17) is 0 Å². The molecule has 426 valence electrons. The summed E-state index contributed by atoms with van der Waals surface area (Å²) < 4.78 is 2.62. The first kappa shape index (κ1) is 54.2. The summed E-state index contributed by atoms with van der Waals surface area (Å²) in [6.45, 7) is 4.00. The van der Waals surface area contributed by atoms with E-state index in [0.29, 0.717) is 5.92 Å². The Morgan fingerprint density at radius 3 is 1.67 bits per heavy atom. The van der Waals surface area contributed by atoms with Crippen LogP contribution in [0.15, 0.2) is 347 Å². The van der Waals surface area contributed by atoms with Gasteiger partial charge in [0.2, 0.25) is 0 Å². The Morgan fingerprint density at radius 2 is 0.978 bits per heavy atom. The zero-order chi connectivity index (χ0) is 59.5. The molecule has 0 saturated heterocycles. The smallest absolute Gasteiger partial charge is 0.0538 e. The standard InChI is InChI=1S/C85H61NS.C2H6/c1-2-11-27-72(26-10-1)87(73-28-12-5-13-29-73)82-55-69(75-31-17-24-67-22-14-15-30-74(67)75)45-49-76(82)77-50-48-71(56-83(77)87)86-80-51-46-68(66-42-40-65(41-43-66)64-38-34-62(35-39-64)59-20-8-4-9-21-59)54-78(80)84-79-57-85(79,53-52-81(84)86)70-25-16-23-60(44-47-70)63-36-32-61(33-37-63)58-18-6-3-7-19-58;1-2/h1-24,26,28-56,79H,25,27,57H2;1-2H3. The fraction of sp³-hybridized carbons (Fsp3) is 0.0805. The van der Waals surface area contributed by atoms with Gasteiger partial charge in [0.25, 0.3) is 0 Å². The molecular formula is C87H67NS. The van der Waals surface area contributed by atoms with E-state index in [1.807, 2.05) is 13.8 Å². The number of allylic oxidation sites excluding steroid dienone is 13. The van der Waals surface area contributed by atoms with Gasteiger partial charge in [0.15, 0.2) is 0 Å². The van der Waals surface area contributed by atoms with Crippen molar-refractivity contribution in [2.45, 2.75) is 53.7 Å². The minimum atomic E-state index is -2.00. The highest BCUT2D eigenvalue weighted by Gasteiger charge is 2.58. The molecule has 1 fully saturated rings. The van der Waals surface area contributed by atoms with Crippen LogP contribution >= 0.6 is 10.0 Å². The average molecular weight is 1160 g/mol. The monoisotopic (exact) mass is 1160 g/mol. The van der Waals surface area contributed by atoms with Gasteiger partial charge in [-0.3, -0.25) is 0 Å². The predicted molar refractivity (Wildman–Crippen MR) is 380 cm³/mol. The lowest BCUT2D eigenvalue weighted by molar-refractivity contribution is 0.720. The molecule has 12 aromatic rings. The number of benzene rings is 11. The Balaban J connectivity index is 0.00000315. The van der Waals surface area contributed by atoms with Crippen LogP contribution < -0.4 is 0 Å². The molecule has 1 aromatic heterocycles. The van der Waals surface area contributed by atoms with Crippen LogP contribution in [-0.4, -0.2) is 4.57 Å². The lowest BCUT2D eigenvalue weighted by Gasteiger charge is -2.41. The Labute approximate surface area is 525 Å². The van der Waals surface area contributed by atoms with Gasteiger partial charge in [0.1, 0.15) is 0 Å². The van der Waals surface area contributed by atoms with Gasteiger partial charge in [-0.05, 0) is 167 Å². The summed E-state index contributed by atoms with van der Waals surface area (Å²) in [4.78, 5) is 5.62. The summed E-state index contributed by atoms with van der Waals surface area (Å²) in [6, 6.07) is 97.8. The van der Waals surface area contributed by atoms with Crippen molar-refractivity contribution in [3.05, 3.63) is 349 Å². The first-order chi connectivity index (χ1) is 44.1. The van der Waals surface area contributed by atoms with Crippen molar-refractivity contribution in [3.8, 4) is 72.4 Å². The maximum Gasteiger partial charge on any atom is 0.0538 e. The minimum absolute atomic E-state index is 0.0612. The normalized spacial score (nSPS) is 19.0. The highest BCUT2D eigenvalue weighted by Crippen LogP contribution is 2.81. The summed E-state index contributed by atoms with van der Waals surface area (Å²) in [5.74, 6) is 0.340. The maximum atomic E-state index is 2.62. The first-order valence-corrected chi connectivity index (χ1v) is 33.3. The van der Waals surface area contributed by atoms with Gasteiger partial charge in [0.05, 0.1) is 11.2 Å². The van der Waals surface area contributed by atoms with Crippen LogP contribution in [0.3, 0.4) is 0 Å². The second kappa shape index (κ2) is 22.5. The lowest BCUT2D eigenvalue weighted by Crippen LogP contribution is -2.09. The van der Waals surface area contributed by atoms with Gasteiger partial charge in [-0.15, -0.1) is 10.0 Å². The Morgan fingerprint density at radius 1 is 0.404 bits per heavy atom. The number of hydrogen-bond donors (Lipinski definition) is 0. The topological polar surface area (TPSA) is 4.93 Å². The van der Waals surface area contributed by atoms with Crippen LogP contribution in [0.25, 0.3) is 106 Å². The molecular weight excluding hydrogens is 1090 g/mol. The van der Waals surface area contributed by atoms with Crippen molar-refractivity contribution in [3.63, 3.8) is 0 Å². The van der Waals surface area contributed by atoms with Crippen molar-refractivity contribution in [2.24, 2.45) is 5.41 Å². The molecule has 3 atom stereocenters. The first-order valence-electron chi connectivity index (χ1n) is 31.6. The van der Waals surface area contributed by atoms with Crippen LogP contribution in [-0.2, 0) is 0 Å². The van der Waals surface area contributed by atoms with Gasteiger partial charge in [-0.1, -0.05) is 299 Å². The summed E-state index contributed by atoms with van der Waals surface area (Å²) >= 11 is 0. The van der Waals surface area contributed by atoms with Gasteiger partial charge in [-0.2, -0.15) is 0 Å². The SMILES string of the molecule is C1=CC=C(S2(c3ccccc3)c3cc(-c4cccc5ccccc45)ccc3-c3ccc(-n4c5c(c6cc(-c7ccc(-c8ccc(-c9ccccc9)cc8)cc7)ccc64)C4CC4(C4=CC=C(c6ccc(-c7ccccc7)cc6)C=CC4)C=C5)cc32)CC=C1.CC. The summed E-state index contributed by atoms with van der Waals surface area (Å²) in [7, 11) is -2.00. The largest absolute Gasteiger partial charge is 0.310 e. The van der Waals surface area contributed by atoms with Crippen molar-refractivity contribution >= 4 is 43.4 Å². The highest BCUT2D eigenvalue weighted by atomic mass is 32.3. The number of nitrogens with zero attached hydrogens (tertiary/aromatic N) is 1. The van der Waals surface area contributed by atoms with Crippen LogP contribution in [0.4, 0.5) is 0 Å². The van der Waals surface area contributed by atoms with Crippen LogP contribution in [0.5, 0.6) is 0 Å². The molecule has 0 spiro atoms. The molecule has 17 rings (SSSR count). The fourth-order valence-electron chi connectivity index (χ4n) is 14.8. The molecule has 2 heteroatoms. The van der Waals surface area contributed by atoms with Crippen LogP contribution in [0.2, 0.25) is 0 Å². The van der Waals surface area contributed by atoms with Gasteiger partial charge in [-0.25, -0.2) is 0 Å². The molecule has 0 bridgehead atoms. The van der Waals surface area contributed by atoms with E-state index in [9.17, 15) is 0 Å². The quantitative estimate of drug-likeness (QED) is 0.129. The van der Waals surface area contributed by atoms with Crippen LogP contribution in [0, 0.1) is 5.41 Å². The zero-order valence-corrected chi connectivity index (χ0v) is 51.0. The number of hydrogen-bond acceptors (Lipinski definition) is 0. The van der Waals surface area contributed by atoms with Gasteiger partial charge >= 0.3 is 0 Å². The molecule has 3 unspecified atom stereocenters. The molecule has 1 aliphatic heterocycles. The highest BCUT2D eigenvalue weighted by molar-refractivity contribution is 8.37. The lowest BCUT2D eigenvalue weighted by atomic mass is 9.84. The molecule has 1 nitrogen and oxygen atoms in total. The van der Waals surface area contributed by atoms with E-state index < -0.39 is 10.0 Å². The van der Waals surface area contributed by atoms with E-state index in [-0.39, 0.29) is 5.41 Å². The molecule has 0 N–H and O–H groups in total. The van der Waals surface area contributed by atoms with Crippen molar-refractivity contribution in [1.29, 1.82) is 0 Å². The molecule has 2 heterocycles. The average Bonchev–Trinajstić information content (AvgIpc) is 1.54. The van der Waals surface area contributed by atoms with E-state index >= 15 is 0 Å². The second-order valence-corrected chi connectivity index (χ2v) is 27.0. The number of fused-ring (bicyclic) bond motifs is 9. The van der Waals surface area contributed by atoms with E-state index in [1.54, 1.807) is 0 Å². The van der Waals surface area contributed by atoms with E-state index in [2.05, 4.69) is 332 Å². The molecule has 0 radical (unpaired) electrons. The Bertz CT molecular complexity index is 4950. The summed E-state index contributed by atoms with van der Waals surface area (Å²) in [6.07, 6.45) is 29.0. The third kappa shape index (κ3) is 9.16.